The highest BCUT2D eigenvalue weighted by Crippen LogP contribution is 2.31. The van der Waals surface area contributed by atoms with Gasteiger partial charge in [0.2, 0.25) is 0 Å². The SMILES string of the molecule is [C-]#[N+]c1ccc(C)cc1C(C)Br. The second-order valence-electron chi connectivity index (χ2n) is 2.79. The Kier molecular flexibility index (Phi) is 2.88. The number of nitrogens with zero attached hydrogens (tertiary/aromatic N) is 1. The van der Waals surface area contributed by atoms with Gasteiger partial charge in [-0.2, -0.15) is 0 Å². The van der Waals surface area contributed by atoms with Crippen LogP contribution in [0.3, 0.4) is 0 Å². The number of hydrogen-bond acceptors (Lipinski definition) is 0. The summed E-state index contributed by atoms with van der Waals surface area (Å²) in [4.78, 5) is 3.70. The van der Waals surface area contributed by atoms with Gasteiger partial charge in [-0.05, 0) is 19.4 Å². The van der Waals surface area contributed by atoms with E-state index in [1.165, 1.54) is 5.56 Å². The van der Waals surface area contributed by atoms with Crippen LogP contribution in [0.2, 0.25) is 0 Å². The van der Waals surface area contributed by atoms with E-state index in [9.17, 15) is 0 Å². The molecule has 62 valence electrons. The quantitative estimate of drug-likeness (QED) is 0.501. The van der Waals surface area contributed by atoms with Crippen LogP contribution in [0.4, 0.5) is 5.69 Å². The molecule has 0 N–H and O–H groups in total. The van der Waals surface area contributed by atoms with E-state index < -0.39 is 0 Å². The minimum Gasteiger partial charge on any atom is -0.238 e. The van der Waals surface area contributed by atoms with E-state index in [0.29, 0.717) is 0 Å². The molecule has 0 fully saturated rings. The lowest BCUT2D eigenvalue weighted by molar-refractivity contribution is 1.12. The number of aryl methyl sites for hydroxylation is 1. The highest BCUT2D eigenvalue weighted by atomic mass is 79.9. The van der Waals surface area contributed by atoms with Crippen LogP contribution in [0.25, 0.3) is 4.85 Å². The summed E-state index contributed by atoms with van der Waals surface area (Å²) >= 11 is 3.46. The molecule has 0 aliphatic carbocycles. The molecule has 0 radical (unpaired) electrons. The second kappa shape index (κ2) is 3.73. The highest BCUT2D eigenvalue weighted by Gasteiger charge is 2.06. The number of rotatable bonds is 1. The second-order valence-corrected chi connectivity index (χ2v) is 4.16. The maximum absolute atomic E-state index is 6.95. The molecular formula is C10H10BrN. The average Bonchev–Trinajstić information content (AvgIpc) is 2.04. The third-order valence-electron chi connectivity index (χ3n) is 1.73. The Labute approximate surface area is 81.4 Å². The predicted molar refractivity (Wildman–Crippen MR) is 54.8 cm³/mol. The number of halogens is 1. The first-order valence-corrected chi connectivity index (χ1v) is 4.69. The number of hydrogen-bond donors (Lipinski definition) is 0. The zero-order valence-corrected chi connectivity index (χ0v) is 8.72. The van der Waals surface area contributed by atoms with Crippen LogP contribution >= 0.6 is 15.9 Å². The smallest absolute Gasteiger partial charge is 0.191 e. The molecule has 2 heteroatoms. The van der Waals surface area contributed by atoms with Crippen molar-refractivity contribution < 1.29 is 0 Å². The monoisotopic (exact) mass is 223 g/mol. The summed E-state index contributed by atoms with van der Waals surface area (Å²) in [5.74, 6) is 0. The molecule has 1 nitrogen and oxygen atoms in total. The van der Waals surface area contributed by atoms with Gasteiger partial charge in [0, 0.05) is 4.83 Å². The van der Waals surface area contributed by atoms with E-state index in [1.54, 1.807) is 0 Å². The van der Waals surface area contributed by atoms with Crippen LogP contribution in [0.5, 0.6) is 0 Å². The molecule has 1 aromatic carbocycles. The summed E-state index contributed by atoms with van der Waals surface area (Å²) in [5.41, 5.74) is 3.01. The van der Waals surface area contributed by atoms with Crippen molar-refractivity contribution in [2.24, 2.45) is 0 Å². The van der Waals surface area contributed by atoms with Crippen molar-refractivity contribution in [3.63, 3.8) is 0 Å². The van der Waals surface area contributed by atoms with Crippen molar-refractivity contribution in [2.75, 3.05) is 0 Å². The Morgan fingerprint density at radius 3 is 2.67 bits per heavy atom. The largest absolute Gasteiger partial charge is 0.238 e. The summed E-state index contributed by atoms with van der Waals surface area (Å²) in [6, 6.07) is 5.88. The molecule has 0 aromatic heterocycles. The molecule has 1 unspecified atom stereocenters. The Morgan fingerprint density at radius 1 is 1.50 bits per heavy atom. The molecule has 1 atom stereocenters. The van der Waals surface area contributed by atoms with Gasteiger partial charge in [-0.1, -0.05) is 39.7 Å². The Bertz CT molecular complexity index is 323. The van der Waals surface area contributed by atoms with Crippen LogP contribution in [-0.2, 0) is 0 Å². The van der Waals surface area contributed by atoms with Crippen molar-refractivity contribution in [1.29, 1.82) is 0 Å². The topological polar surface area (TPSA) is 4.36 Å². The van der Waals surface area contributed by atoms with Gasteiger partial charge >= 0.3 is 0 Å². The fourth-order valence-corrected chi connectivity index (χ4v) is 1.46. The molecule has 0 saturated carbocycles. The summed E-state index contributed by atoms with van der Waals surface area (Å²) in [6.45, 7) is 11.0. The van der Waals surface area contributed by atoms with E-state index in [0.717, 1.165) is 11.3 Å². The van der Waals surface area contributed by atoms with Gasteiger partial charge in [0.25, 0.3) is 0 Å². The fraction of sp³-hybridized carbons (Fsp3) is 0.300. The summed E-state index contributed by atoms with van der Waals surface area (Å²) in [7, 11) is 0. The maximum atomic E-state index is 6.95. The summed E-state index contributed by atoms with van der Waals surface area (Å²) in [5, 5.41) is 0. The maximum Gasteiger partial charge on any atom is 0.191 e. The Balaban J connectivity index is 3.24. The van der Waals surface area contributed by atoms with Gasteiger partial charge in [0.1, 0.15) is 0 Å². The van der Waals surface area contributed by atoms with E-state index in [1.807, 2.05) is 32.0 Å². The van der Waals surface area contributed by atoms with Crippen molar-refractivity contribution in [2.45, 2.75) is 18.7 Å². The molecule has 0 amide bonds. The first-order chi connectivity index (χ1) is 5.65. The Hall–Kier alpha value is -0.810. The van der Waals surface area contributed by atoms with Gasteiger partial charge < -0.3 is 0 Å². The minimum atomic E-state index is 0.251. The summed E-state index contributed by atoms with van der Waals surface area (Å²) in [6.07, 6.45) is 0. The first-order valence-electron chi connectivity index (χ1n) is 3.77. The number of benzene rings is 1. The lowest BCUT2D eigenvalue weighted by atomic mass is 10.1. The van der Waals surface area contributed by atoms with Gasteiger partial charge in [-0.15, -0.1) is 0 Å². The molecule has 0 aliphatic rings. The first kappa shape index (κ1) is 9.28. The van der Waals surface area contributed by atoms with Crippen LogP contribution in [-0.4, -0.2) is 0 Å². The molecule has 0 spiro atoms. The molecule has 1 aromatic rings. The molecule has 0 bridgehead atoms. The third kappa shape index (κ3) is 1.86. The van der Waals surface area contributed by atoms with Crippen molar-refractivity contribution in [3.8, 4) is 0 Å². The highest BCUT2D eigenvalue weighted by molar-refractivity contribution is 9.09. The summed E-state index contributed by atoms with van der Waals surface area (Å²) < 4.78 is 0. The minimum absolute atomic E-state index is 0.251. The van der Waals surface area contributed by atoms with E-state index in [2.05, 4.69) is 20.8 Å². The molecule has 0 saturated heterocycles. The predicted octanol–water partition coefficient (Wildman–Crippen LogP) is 4.00. The number of alkyl halides is 1. The van der Waals surface area contributed by atoms with Gasteiger partial charge in [0.15, 0.2) is 5.69 Å². The zero-order valence-electron chi connectivity index (χ0n) is 7.13. The van der Waals surface area contributed by atoms with Crippen molar-refractivity contribution in [1.82, 2.24) is 0 Å². The molecular weight excluding hydrogens is 214 g/mol. The van der Waals surface area contributed by atoms with Crippen LogP contribution in [0.15, 0.2) is 18.2 Å². The van der Waals surface area contributed by atoms with Crippen LogP contribution < -0.4 is 0 Å². The van der Waals surface area contributed by atoms with Crippen molar-refractivity contribution in [3.05, 3.63) is 40.7 Å². The lowest BCUT2D eigenvalue weighted by Gasteiger charge is -2.06. The molecule has 12 heavy (non-hydrogen) atoms. The third-order valence-corrected chi connectivity index (χ3v) is 2.23. The van der Waals surface area contributed by atoms with Crippen molar-refractivity contribution >= 4 is 21.6 Å². The normalized spacial score (nSPS) is 12.2. The lowest BCUT2D eigenvalue weighted by Crippen LogP contribution is -1.84. The molecule has 0 heterocycles. The molecule has 1 rings (SSSR count). The van der Waals surface area contributed by atoms with Gasteiger partial charge in [-0.25, -0.2) is 4.85 Å². The zero-order chi connectivity index (χ0) is 9.14. The standard InChI is InChI=1S/C10H10BrN/c1-7-4-5-10(12-3)9(6-7)8(2)11/h4-6,8H,1-2H3. The van der Waals surface area contributed by atoms with E-state index in [4.69, 9.17) is 6.57 Å². The van der Waals surface area contributed by atoms with Crippen LogP contribution in [0, 0.1) is 13.5 Å². The van der Waals surface area contributed by atoms with Gasteiger partial charge in [-0.3, -0.25) is 0 Å². The average molecular weight is 224 g/mol. The fourth-order valence-electron chi connectivity index (χ4n) is 1.09. The Morgan fingerprint density at radius 2 is 2.17 bits per heavy atom. The molecule has 0 aliphatic heterocycles. The van der Waals surface area contributed by atoms with Crippen LogP contribution in [0.1, 0.15) is 22.9 Å². The van der Waals surface area contributed by atoms with E-state index >= 15 is 0 Å². The van der Waals surface area contributed by atoms with Gasteiger partial charge in [0.05, 0.1) is 6.57 Å². The van der Waals surface area contributed by atoms with E-state index in [-0.39, 0.29) is 4.83 Å².